The second-order valence-electron chi connectivity index (χ2n) is 4.56. The fourth-order valence-electron chi connectivity index (χ4n) is 1.76. The highest BCUT2D eigenvalue weighted by atomic mass is 32.2. The number of sulfonamides is 1. The summed E-state index contributed by atoms with van der Waals surface area (Å²) in [7, 11) is -3.21. The molecule has 6 heteroatoms. The van der Waals surface area contributed by atoms with Gasteiger partial charge in [-0.2, -0.15) is 0 Å². The van der Waals surface area contributed by atoms with Crippen molar-refractivity contribution >= 4 is 10.0 Å². The Hall–Kier alpha value is -1.92. The number of benzene rings is 1. The lowest BCUT2D eigenvalue weighted by Gasteiger charge is -2.08. The largest absolute Gasteiger partial charge is 0.439 e. The monoisotopic (exact) mass is 306 g/mol. The highest BCUT2D eigenvalue weighted by Crippen LogP contribution is 2.19. The summed E-state index contributed by atoms with van der Waals surface area (Å²) in [6.07, 6.45) is 2.19. The van der Waals surface area contributed by atoms with Crippen molar-refractivity contribution < 1.29 is 13.2 Å². The summed E-state index contributed by atoms with van der Waals surface area (Å²) in [5.41, 5.74) is 0.801. The van der Waals surface area contributed by atoms with Gasteiger partial charge in [-0.15, -0.1) is 0 Å². The molecular formula is C15H18N2O3S. The molecule has 2 aromatic rings. The Kier molecular flexibility index (Phi) is 5.30. The molecule has 1 N–H and O–H groups in total. The minimum Gasteiger partial charge on any atom is -0.439 e. The van der Waals surface area contributed by atoms with Crippen LogP contribution >= 0.6 is 0 Å². The van der Waals surface area contributed by atoms with Crippen molar-refractivity contribution in [1.29, 1.82) is 0 Å². The van der Waals surface area contributed by atoms with Crippen molar-refractivity contribution in [3.8, 4) is 11.6 Å². The minimum absolute atomic E-state index is 0.130. The molecule has 0 spiro atoms. The molecule has 0 saturated carbocycles. The number of pyridine rings is 1. The molecule has 112 valence electrons. The first-order chi connectivity index (χ1) is 10.1. The number of hydrogen-bond donors (Lipinski definition) is 1. The van der Waals surface area contributed by atoms with Gasteiger partial charge in [-0.3, -0.25) is 0 Å². The van der Waals surface area contributed by atoms with Gasteiger partial charge in [-0.05, 0) is 30.2 Å². The molecule has 1 aromatic heterocycles. The zero-order chi connectivity index (χ0) is 15.1. The maximum atomic E-state index is 11.6. The lowest BCUT2D eigenvalue weighted by molar-refractivity contribution is 0.462. The van der Waals surface area contributed by atoms with Crippen LogP contribution in [0.15, 0.2) is 48.7 Å². The number of ether oxygens (including phenoxy) is 1. The average molecular weight is 306 g/mol. The zero-order valence-corrected chi connectivity index (χ0v) is 12.6. The first-order valence-corrected chi connectivity index (χ1v) is 8.39. The van der Waals surface area contributed by atoms with Gasteiger partial charge in [0.15, 0.2) is 0 Å². The zero-order valence-electron chi connectivity index (χ0n) is 11.8. The van der Waals surface area contributed by atoms with Gasteiger partial charge in [0.2, 0.25) is 15.9 Å². The van der Waals surface area contributed by atoms with Crippen LogP contribution in [0, 0.1) is 0 Å². The normalized spacial score (nSPS) is 11.3. The quantitative estimate of drug-likeness (QED) is 0.854. The van der Waals surface area contributed by atoms with E-state index in [0.29, 0.717) is 18.1 Å². The summed E-state index contributed by atoms with van der Waals surface area (Å²) in [4.78, 5) is 4.12. The standard InChI is InChI=1S/C15H18N2O3S/c1-2-10-21(18,19)17-12-13-8-9-16-15(11-13)20-14-6-4-3-5-7-14/h3-9,11,17H,2,10,12H2,1H3. The second-order valence-corrected chi connectivity index (χ2v) is 6.48. The summed E-state index contributed by atoms with van der Waals surface area (Å²) in [6.45, 7) is 2.06. The van der Waals surface area contributed by atoms with Gasteiger partial charge in [-0.1, -0.05) is 25.1 Å². The predicted molar refractivity (Wildman–Crippen MR) is 81.7 cm³/mol. The van der Waals surface area contributed by atoms with Crippen molar-refractivity contribution in [3.63, 3.8) is 0 Å². The molecule has 1 heterocycles. The van der Waals surface area contributed by atoms with Crippen LogP contribution in [0.4, 0.5) is 0 Å². The molecule has 2 rings (SSSR count). The molecule has 0 fully saturated rings. The molecule has 5 nitrogen and oxygen atoms in total. The summed E-state index contributed by atoms with van der Waals surface area (Å²) in [6, 6.07) is 12.8. The van der Waals surface area contributed by atoms with Crippen LogP contribution < -0.4 is 9.46 Å². The van der Waals surface area contributed by atoms with Crippen LogP contribution in [0.3, 0.4) is 0 Å². The maximum Gasteiger partial charge on any atom is 0.219 e. The smallest absolute Gasteiger partial charge is 0.219 e. The van der Waals surface area contributed by atoms with E-state index in [9.17, 15) is 8.42 Å². The van der Waals surface area contributed by atoms with E-state index >= 15 is 0 Å². The van der Waals surface area contributed by atoms with Gasteiger partial charge < -0.3 is 4.74 Å². The van der Waals surface area contributed by atoms with Crippen molar-refractivity contribution in [1.82, 2.24) is 9.71 Å². The van der Waals surface area contributed by atoms with E-state index in [1.54, 1.807) is 18.3 Å². The van der Waals surface area contributed by atoms with E-state index in [1.807, 2.05) is 37.3 Å². The molecule has 21 heavy (non-hydrogen) atoms. The van der Waals surface area contributed by atoms with Crippen LogP contribution in [-0.2, 0) is 16.6 Å². The highest BCUT2D eigenvalue weighted by Gasteiger charge is 2.08. The van der Waals surface area contributed by atoms with Gasteiger partial charge in [0.25, 0.3) is 0 Å². The number of aromatic nitrogens is 1. The average Bonchev–Trinajstić information content (AvgIpc) is 2.47. The Balaban J connectivity index is 2.01. The molecule has 1 aromatic carbocycles. The maximum absolute atomic E-state index is 11.6. The third-order valence-corrected chi connectivity index (χ3v) is 4.26. The lowest BCUT2D eigenvalue weighted by atomic mass is 10.3. The van der Waals surface area contributed by atoms with Crippen LogP contribution in [0.5, 0.6) is 11.6 Å². The minimum atomic E-state index is -3.21. The van der Waals surface area contributed by atoms with E-state index in [-0.39, 0.29) is 12.3 Å². The van der Waals surface area contributed by atoms with E-state index in [1.165, 1.54) is 0 Å². The molecular weight excluding hydrogens is 288 g/mol. The Bertz CT molecular complexity index is 672. The molecule has 0 aliphatic rings. The molecule has 0 radical (unpaired) electrons. The van der Waals surface area contributed by atoms with Crippen LogP contribution in [0.25, 0.3) is 0 Å². The fraction of sp³-hybridized carbons (Fsp3) is 0.267. The van der Waals surface area contributed by atoms with Gasteiger partial charge in [0.1, 0.15) is 5.75 Å². The van der Waals surface area contributed by atoms with Gasteiger partial charge in [0.05, 0.1) is 5.75 Å². The van der Waals surface area contributed by atoms with E-state index in [2.05, 4.69) is 9.71 Å². The van der Waals surface area contributed by atoms with Crippen LogP contribution in [-0.4, -0.2) is 19.2 Å². The predicted octanol–water partition coefficient (Wildman–Crippen LogP) is 2.70. The van der Waals surface area contributed by atoms with Gasteiger partial charge in [-0.25, -0.2) is 18.1 Å². The Labute approximate surface area is 125 Å². The fourth-order valence-corrected chi connectivity index (χ4v) is 2.83. The first-order valence-electron chi connectivity index (χ1n) is 6.74. The summed E-state index contributed by atoms with van der Waals surface area (Å²) in [5, 5.41) is 0. The Morgan fingerprint density at radius 3 is 2.67 bits per heavy atom. The van der Waals surface area contributed by atoms with Crippen molar-refractivity contribution in [2.24, 2.45) is 0 Å². The summed E-state index contributed by atoms with van der Waals surface area (Å²) in [5.74, 6) is 1.26. The lowest BCUT2D eigenvalue weighted by Crippen LogP contribution is -2.25. The second kappa shape index (κ2) is 7.19. The van der Waals surface area contributed by atoms with Crippen molar-refractivity contribution in [3.05, 3.63) is 54.2 Å². The molecule has 0 aliphatic heterocycles. The van der Waals surface area contributed by atoms with Crippen LogP contribution in [0.2, 0.25) is 0 Å². The SMILES string of the molecule is CCCS(=O)(=O)NCc1ccnc(Oc2ccccc2)c1. The van der Waals surface area contributed by atoms with Crippen molar-refractivity contribution in [2.45, 2.75) is 19.9 Å². The van der Waals surface area contributed by atoms with Crippen LogP contribution in [0.1, 0.15) is 18.9 Å². The number of nitrogens with zero attached hydrogens (tertiary/aromatic N) is 1. The Morgan fingerprint density at radius 2 is 1.95 bits per heavy atom. The van der Waals surface area contributed by atoms with E-state index in [0.717, 1.165) is 5.56 Å². The molecule has 0 saturated heterocycles. The number of para-hydroxylation sites is 1. The molecule has 0 amide bonds. The van der Waals surface area contributed by atoms with Crippen molar-refractivity contribution in [2.75, 3.05) is 5.75 Å². The number of hydrogen-bond acceptors (Lipinski definition) is 4. The highest BCUT2D eigenvalue weighted by molar-refractivity contribution is 7.89. The number of rotatable bonds is 7. The summed E-state index contributed by atoms with van der Waals surface area (Å²) < 4.78 is 31.4. The topological polar surface area (TPSA) is 68.3 Å². The van der Waals surface area contributed by atoms with Gasteiger partial charge in [0, 0.05) is 18.8 Å². The molecule has 0 atom stereocenters. The molecule has 0 aliphatic carbocycles. The van der Waals surface area contributed by atoms with E-state index < -0.39 is 10.0 Å². The molecule has 0 bridgehead atoms. The summed E-state index contributed by atoms with van der Waals surface area (Å²) >= 11 is 0. The number of nitrogens with one attached hydrogen (secondary N) is 1. The first kappa shape index (κ1) is 15.5. The molecule has 0 unspecified atom stereocenters. The van der Waals surface area contributed by atoms with Gasteiger partial charge >= 0.3 is 0 Å². The Morgan fingerprint density at radius 1 is 1.19 bits per heavy atom. The third-order valence-electron chi connectivity index (χ3n) is 2.73. The van der Waals surface area contributed by atoms with E-state index in [4.69, 9.17) is 4.74 Å². The third kappa shape index (κ3) is 5.17.